The minimum atomic E-state index is -0.105. The molecular weight excluding hydrogens is 348 g/mol. The Hall–Kier alpha value is -3.07. The molecule has 1 aliphatic heterocycles. The number of carbonyl (C=O) groups is 1. The summed E-state index contributed by atoms with van der Waals surface area (Å²) in [7, 11) is 0. The molecule has 0 radical (unpaired) electrons. The van der Waals surface area contributed by atoms with E-state index in [-0.39, 0.29) is 11.8 Å². The van der Waals surface area contributed by atoms with Crippen molar-refractivity contribution in [3.63, 3.8) is 0 Å². The fraction of sp³-hybridized carbons (Fsp3) is 0.389. The Morgan fingerprint density at radius 2 is 2.04 bits per heavy atom. The van der Waals surface area contributed by atoms with Crippen molar-refractivity contribution in [1.82, 2.24) is 29.6 Å². The smallest absolute Gasteiger partial charge is 0.274 e. The number of aromatic nitrogens is 5. The van der Waals surface area contributed by atoms with Crippen molar-refractivity contribution < 1.29 is 14.1 Å². The number of hydrogen-bond acceptors (Lipinski definition) is 7. The van der Waals surface area contributed by atoms with Crippen molar-refractivity contribution in [2.75, 3.05) is 26.3 Å². The predicted octanol–water partition coefficient (Wildman–Crippen LogP) is 1.91. The summed E-state index contributed by atoms with van der Waals surface area (Å²) < 4.78 is 12.3. The van der Waals surface area contributed by atoms with Crippen LogP contribution in [0.15, 0.2) is 35.4 Å². The number of pyridine rings is 1. The van der Waals surface area contributed by atoms with E-state index >= 15 is 0 Å². The Balaban J connectivity index is 1.57. The van der Waals surface area contributed by atoms with Crippen LogP contribution < -0.4 is 0 Å². The summed E-state index contributed by atoms with van der Waals surface area (Å²) >= 11 is 0. The predicted molar refractivity (Wildman–Crippen MR) is 95.5 cm³/mol. The molecule has 0 spiro atoms. The topological polar surface area (TPSA) is 99.2 Å². The number of morpholine rings is 1. The third kappa shape index (κ3) is 3.59. The summed E-state index contributed by atoms with van der Waals surface area (Å²) in [5.41, 5.74) is 1.14. The molecule has 1 saturated heterocycles. The van der Waals surface area contributed by atoms with E-state index in [0.717, 1.165) is 5.56 Å². The molecule has 3 aromatic heterocycles. The molecule has 0 saturated carbocycles. The maximum Gasteiger partial charge on any atom is 0.274 e. The highest BCUT2D eigenvalue weighted by Gasteiger charge is 2.21. The second kappa shape index (κ2) is 7.28. The molecule has 27 heavy (non-hydrogen) atoms. The van der Waals surface area contributed by atoms with Crippen LogP contribution in [0, 0.1) is 0 Å². The molecule has 140 valence electrons. The molecule has 0 bridgehead atoms. The molecule has 9 heteroatoms. The lowest BCUT2D eigenvalue weighted by atomic mass is 10.2. The van der Waals surface area contributed by atoms with Crippen molar-refractivity contribution >= 4 is 5.91 Å². The van der Waals surface area contributed by atoms with Crippen LogP contribution in [-0.4, -0.2) is 61.8 Å². The fourth-order valence-electron chi connectivity index (χ4n) is 2.77. The average Bonchev–Trinajstić information content (AvgIpc) is 3.38. The molecule has 0 aliphatic carbocycles. The summed E-state index contributed by atoms with van der Waals surface area (Å²) in [6, 6.07) is 3.63. The van der Waals surface area contributed by atoms with Crippen molar-refractivity contribution in [1.29, 1.82) is 0 Å². The molecule has 1 fully saturated rings. The first-order valence-corrected chi connectivity index (χ1v) is 8.83. The summed E-state index contributed by atoms with van der Waals surface area (Å²) in [6.45, 7) is 6.27. The molecule has 0 aromatic carbocycles. The molecule has 9 nitrogen and oxygen atoms in total. The van der Waals surface area contributed by atoms with Gasteiger partial charge < -0.3 is 14.2 Å². The van der Waals surface area contributed by atoms with Crippen LogP contribution in [0.3, 0.4) is 0 Å². The summed E-state index contributed by atoms with van der Waals surface area (Å²) in [5, 5.41) is 3.99. The van der Waals surface area contributed by atoms with Crippen LogP contribution in [0.2, 0.25) is 0 Å². The maximum absolute atomic E-state index is 12.5. The number of ether oxygens (including phenoxy) is 1. The second-order valence-corrected chi connectivity index (χ2v) is 6.59. The first-order chi connectivity index (χ1) is 13.1. The maximum atomic E-state index is 12.5. The minimum absolute atomic E-state index is 0.105. The fourth-order valence-corrected chi connectivity index (χ4v) is 2.77. The quantitative estimate of drug-likeness (QED) is 0.693. The first-order valence-electron chi connectivity index (χ1n) is 8.83. The first kappa shape index (κ1) is 17.3. The third-order valence-corrected chi connectivity index (χ3v) is 4.32. The van der Waals surface area contributed by atoms with Crippen LogP contribution >= 0.6 is 0 Å². The highest BCUT2D eigenvalue weighted by Crippen LogP contribution is 2.21. The van der Waals surface area contributed by atoms with Crippen molar-refractivity contribution in [2.24, 2.45) is 0 Å². The van der Waals surface area contributed by atoms with Crippen molar-refractivity contribution in [3.05, 3.63) is 42.4 Å². The van der Waals surface area contributed by atoms with E-state index in [1.807, 2.05) is 19.9 Å². The minimum Gasteiger partial charge on any atom is -0.378 e. The zero-order chi connectivity index (χ0) is 18.8. The zero-order valence-corrected chi connectivity index (χ0v) is 15.2. The van der Waals surface area contributed by atoms with E-state index in [2.05, 4.69) is 20.1 Å². The van der Waals surface area contributed by atoms with Gasteiger partial charge in [0.15, 0.2) is 5.82 Å². The molecule has 1 amide bonds. The Labute approximate surface area is 156 Å². The summed E-state index contributed by atoms with van der Waals surface area (Å²) in [5.74, 6) is 1.79. The SMILES string of the molecule is CC(C)c1noc(-c2ccnc(-n3cnc(C(=O)N4CCOCC4)c3)c2)n1. The number of imidazole rings is 1. The lowest BCUT2D eigenvalue weighted by molar-refractivity contribution is 0.0299. The Morgan fingerprint density at radius 3 is 2.78 bits per heavy atom. The average molecular weight is 368 g/mol. The Kier molecular flexibility index (Phi) is 4.68. The number of rotatable bonds is 4. The van der Waals surface area contributed by atoms with Gasteiger partial charge in [0.2, 0.25) is 0 Å². The molecule has 0 unspecified atom stereocenters. The summed E-state index contributed by atoms with van der Waals surface area (Å²) in [6.07, 6.45) is 4.91. The standard InChI is InChI=1S/C18H20N6O3/c1-12(2)16-21-17(27-22-16)13-3-4-19-15(9-13)24-10-14(20-11-24)18(25)23-5-7-26-8-6-23/h3-4,9-12H,5-8H2,1-2H3. The number of hydrogen-bond donors (Lipinski definition) is 0. The lowest BCUT2D eigenvalue weighted by Crippen LogP contribution is -2.40. The van der Waals surface area contributed by atoms with Crippen LogP contribution in [0.4, 0.5) is 0 Å². The van der Waals surface area contributed by atoms with Gasteiger partial charge in [-0.2, -0.15) is 4.98 Å². The largest absolute Gasteiger partial charge is 0.378 e. The van der Waals surface area contributed by atoms with Crippen molar-refractivity contribution in [3.8, 4) is 17.3 Å². The van der Waals surface area contributed by atoms with E-state index in [1.165, 1.54) is 0 Å². The van der Waals surface area contributed by atoms with Crippen molar-refractivity contribution in [2.45, 2.75) is 19.8 Å². The van der Waals surface area contributed by atoms with Crippen LogP contribution in [0.25, 0.3) is 17.3 Å². The molecule has 3 aromatic rings. The molecule has 4 rings (SSSR count). The molecule has 0 N–H and O–H groups in total. The lowest BCUT2D eigenvalue weighted by Gasteiger charge is -2.25. The van der Waals surface area contributed by atoms with E-state index in [1.54, 1.807) is 34.3 Å². The van der Waals surface area contributed by atoms with Gasteiger partial charge in [-0.05, 0) is 12.1 Å². The number of carbonyl (C=O) groups excluding carboxylic acids is 1. The van der Waals surface area contributed by atoms with Gasteiger partial charge in [0, 0.05) is 37.0 Å². The van der Waals surface area contributed by atoms with Gasteiger partial charge in [0.1, 0.15) is 17.8 Å². The van der Waals surface area contributed by atoms with Gasteiger partial charge in [-0.25, -0.2) is 9.97 Å². The number of amides is 1. The van der Waals surface area contributed by atoms with E-state index in [9.17, 15) is 4.79 Å². The Morgan fingerprint density at radius 1 is 1.22 bits per heavy atom. The van der Waals surface area contributed by atoms with E-state index < -0.39 is 0 Å². The molecule has 0 atom stereocenters. The molecule has 4 heterocycles. The monoisotopic (exact) mass is 368 g/mol. The summed E-state index contributed by atoms with van der Waals surface area (Å²) in [4.78, 5) is 27.3. The normalized spacial score (nSPS) is 14.7. The van der Waals surface area contributed by atoms with E-state index in [4.69, 9.17) is 9.26 Å². The van der Waals surface area contributed by atoms with Gasteiger partial charge in [0.05, 0.1) is 13.2 Å². The van der Waals surface area contributed by atoms with Crippen LogP contribution in [0.5, 0.6) is 0 Å². The van der Waals surface area contributed by atoms with Gasteiger partial charge >= 0.3 is 0 Å². The molecular formula is C18H20N6O3. The van der Waals surface area contributed by atoms with Gasteiger partial charge in [-0.15, -0.1) is 0 Å². The van der Waals surface area contributed by atoms with Gasteiger partial charge in [0.25, 0.3) is 11.8 Å². The van der Waals surface area contributed by atoms with Crippen LogP contribution in [-0.2, 0) is 4.74 Å². The highest BCUT2D eigenvalue weighted by molar-refractivity contribution is 5.92. The third-order valence-electron chi connectivity index (χ3n) is 4.32. The van der Waals surface area contributed by atoms with E-state index in [0.29, 0.717) is 49.5 Å². The van der Waals surface area contributed by atoms with Gasteiger partial charge in [-0.1, -0.05) is 19.0 Å². The van der Waals surface area contributed by atoms with Crippen LogP contribution in [0.1, 0.15) is 36.1 Å². The van der Waals surface area contributed by atoms with Gasteiger partial charge in [-0.3, -0.25) is 9.36 Å². The zero-order valence-electron chi connectivity index (χ0n) is 15.2. The molecule has 1 aliphatic rings. The highest BCUT2D eigenvalue weighted by atomic mass is 16.5. The second-order valence-electron chi connectivity index (χ2n) is 6.59. The number of nitrogens with zero attached hydrogens (tertiary/aromatic N) is 6. The Bertz CT molecular complexity index is 942.